The number of aryl methyl sites for hydroxylation is 1. The fourth-order valence-corrected chi connectivity index (χ4v) is 2.49. The van der Waals surface area contributed by atoms with E-state index in [1.165, 1.54) is 0 Å². The Morgan fingerprint density at radius 1 is 1.37 bits per heavy atom. The number of benzene rings is 1. The highest BCUT2D eigenvalue weighted by Crippen LogP contribution is 2.09. The zero-order valence-electron chi connectivity index (χ0n) is 11.9. The molecule has 19 heavy (non-hydrogen) atoms. The van der Waals surface area contributed by atoms with Gasteiger partial charge in [0.25, 0.3) is 0 Å². The van der Waals surface area contributed by atoms with E-state index in [9.17, 15) is 4.39 Å². The van der Waals surface area contributed by atoms with Gasteiger partial charge in [-0.25, -0.2) is 4.39 Å². The van der Waals surface area contributed by atoms with Crippen LogP contribution in [-0.4, -0.2) is 43.7 Å². The predicted molar refractivity (Wildman–Crippen MR) is 76.7 cm³/mol. The molecular formula is C15H24FN3. The van der Waals surface area contributed by atoms with Crippen molar-refractivity contribution >= 4 is 0 Å². The average Bonchev–Trinajstić information content (AvgIpc) is 2.43. The minimum atomic E-state index is -0.127. The molecule has 0 aromatic heterocycles. The molecule has 1 aliphatic rings. The molecule has 0 radical (unpaired) electrons. The maximum atomic E-state index is 13.2. The van der Waals surface area contributed by atoms with Gasteiger partial charge in [0.05, 0.1) is 0 Å². The Kier molecular flexibility index (Phi) is 5.31. The van der Waals surface area contributed by atoms with Crippen molar-refractivity contribution < 1.29 is 4.39 Å². The van der Waals surface area contributed by atoms with Gasteiger partial charge < -0.3 is 10.6 Å². The first-order valence-corrected chi connectivity index (χ1v) is 7.07. The van der Waals surface area contributed by atoms with E-state index in [1.54, 1.807) is 6.07 Å². The highest BCUT2D eigenvalue weighted by molar-refractivity contribution is 5.23. The smallest absolute Gasteiger partial charge is 0.126 e. The van der Waals surface area contributed by atoms with Crippen LogP contribution in [0.2, 0.25) is 0 Å². The van der Waals surface area contributed by atoms with E-state index in [1.807, 2.05) is 19.1 Å². The number of halogens is 1. The molecule has 0 spiro atoms. The Balaban J connectivity index is 1.74. The third-order valence-electron chi connectivity index (χ3n) is 3.77. The summed E-state index contributed by atoms with van der Waals surface area (Å²) in [4.78, 5) is 2.50. The van der Waals surface area contributed by atoms with Crippen LogP contribution in [0, 0.1) is 12.7 Å². The molecule has 2 rings (SSSR count). The summed E-state index contributed by atoms with van der Waals surface area (Å²) in [6, 6.07) is 5.86. The molecule has 1 aromatic carbocycles. The van der Waals surface area contributed by atoms with Crippen LogP contribution in [0.15, 0.2) is 18.2 Å². The molecule has 1 aromatic rings. The topological polar surface area (TPSA) is 27.3 Å². The second-order valence-electron chi connectivity index (χ2n) is 5.35. The molecule has 4 heteroatoms. The number of nitrogens with one attached hydrogen (secondary N) is 2. The predicted octanol–water partition coefficient (Wildman–Crippen LogP) is 1.52. The van der Waals surface area contributed by atoms with Crippen molar-refractivity contribution in [2.24, 2.45) is 0 Å². The Morgan fingerprint density at radius 3 is 2.79 bits per heavy atom. The van der Waals surface area contributed by atoms with Crippen LogP contribution in [0.3, 0.4) is 0 Å². The Hall–Kier alpha value is -0.970. The van der Waals surface area contributed by atoms with Crippen molar-refractivity contribution in [1.82, 2.24) is 15.5 Å². The lowest BCUT2D eigenvalue weighted by atomic mass is 10.1. The monoisotopic (exact) mass is 265 g/mol. The summed E-state index contributed by atoms with van der Waals surface area (Å²) in [5.74, 6) is -0.127. The van der Waals surface area contributed by atoms with Crippen LogP contribution in [0.5, 0.6) is 0 Å². The van der Waals surface area contributed by atoms with E-state index in [4.69, 9.17) is 0 Å². The lowest BCUT2D eigenvalue weighted by molar-refractivity contribution is 0.181. The summed E-state index contributed by atoms with van der Waals surface area (Å²) in [7, 11) is 0. The second-order valence-corrected chi connectivity index (χ2v) is 5.35. The fraction of sp³-hybridized carbons (Fsp3) is 0.600. The highest BCUT2D eigenvalue weighted by Gasteiger charge is 2.15. The molecule has 1 aliphatic heterocycles. The first-order valence-electron chi connectivity index (χ1n) is 7.07. The van der Waals surface area contributed by atoms with Crippen LogP contribution in [-0.2, 0) is 6.54 Å². The molecule has 2 N–H and O–H groups in total. The van der Waals surface area contributed by atoms with Gasteiger partial charge in [-0.15, -0.1) is 0 Å². The third kappa shape index (κ3) is 4.27. The fourth-order valence-electron chi connectivity index (χ4n) is 2.49. The number of rotatable bonds is 5. The lowest BCUT2D eigenvalue weighted by Gasteiger charge is -2.32. The van der Waals surface area contributed by atoms with Crippen LogP contribution in [0.25, 0.3) is 0 Å². The van der Waals surface area contributed by atoms with Crippen molar-refractivity contribution in [1.29, 1.82) is 0 Å². The first kappa shape index (κ1) is 14.4. The van der Waals surface area contributed by atoms with Crippen LogP contribution in [0.4, 0.5) is 4.39 Å². The number of hydrogen-bond acceptors (Lipinski definition) is 3. The van der Waals surface area contributed by atoms with Gasteiger partial charge in [0.2, 0.25) is 0 Å². The van der Waals surface area contributed by atoms with Crippen LogP contribution >= 0.6 is 0 Å². The molecule has 1 unspecified atom stereocenters. The summed E-state index contributed by atoms with van der Waals surface area (Å²) in [5.41, 5.74) is 1.86. The molecule has 0 aliphatic carbocycles. The lowest BCUT2D eigenvalue weighted by Crippen LogP contribution is -2.50. The SMILES string of the molecule is Cc1cc(CNCC(C)N2CCNCC2)ccc1F. The normalized spacial score (nSPS) is 18.5. The van der Waals surface area contributed by atoms with Crippen molar-refractivity contribution in [3.8, 4) is 0 Å². The Labute approximate surface area is 115 Å². The molecule has 0 bridgehead atoms. The highest BCUT2D eigenvalue weighted by atomic mass is 19.1. The first-order chi connectivity index (χ1) is 9.16. The summed E-state index contributed by atoms with van der Waals surface area (Å²) >= 11 is 0. The van der Waals surface area contributed by atoms with Crippen LogP contribution in [0.1, 0.15) is 18.1 Å². The molecule has 1 heterocycles. The van der Waals surface area contributed by atoms with Crippen LogP contribution < -0.4 is 10.6 Å². The molecule has 0 saturated carbocycles. The van der Waals surface area contributed by atoms with Crippen molar-refractivity contribution in [3.05, 3.63) is 35.1 Å². The van der Waals surface area contributed by atoms with Gasteiger partial charge in [0, 0.05) is 45.3 Å². The Morgan fingerprint density at radius 2 is 2.11 bits per heavy atom. The van der Waals surface area contributed by atoms with Gasteiger partial charge in [0.15, 0.2) is 0 Å². The number of hydrogen-bond donors (Lipinski definition) is 2. The summed E-state index contributed by atoms with van der Waals surface area (Å²) in [6.07, 6.45) is 0. The Bertz CT molecular complexity index is 402. The summed E-state index contributed by atoms with van der Waals surface area (Å²) in [5, 5.41) is 6.83. The number of piperazine rings is 1. The van der Waals surface area contributed by atoms with E-state index in [2.05, 4.69) is 22.5 Å². The standard InChI is InChI=1S/C15H24FN3/c1-12-9-14(3-4-15(12)16)11-18-10-13(2)19-7-5-17-6-8-19/h3-4,9,13,17-18H,5-8,10-11H2,1-2H3. The molecule has 106 valence electrons. The molecule has 0 amide bonds. The van der Waals surface area contributed by atoms with Gasteiger partial charge in [-0.3, -0.25) is 4.90 Å². The van der Waals surface area contributed by atoms with E-state index >= 15 is 0 Å². The molecule has 1 fully saturated rings. The maximum Gasteiger partial charge on any atom is 0.126 e. The third-order valence-corrected chi connectivity index (χ3v) is 3.77. The zero-order valence-corrected chi connectivity index (χ0v) is 11.9. The maximum absolute atomic E-state index is 13.2. The molecule has 1 saturated heterocycles. The van der Waals surface area contributed by atoms with Crippen molar-refractivity contribution in [2.45, 2.75) is 26.4 Å². The van der Waals surface area contributed by atoms with Gasteiger partial charge in [-0.1, -0.05) is 12.1 Å². The second kappa shape index (κ2) is 6.98. The molecular weight excluding hydrogens is 241 g/mol. The average molecular weight is 265 g/mol. The van der Waals surface area contributed by atoms with E-state index in [-0.39, 0.29) is 5.82 Å². The van der Waals surface area contributed by atoms with Gasteiger partial charge in [0.1, 0.15) is 5.82 Å². The summed E-state index contributed by atoms with van der Waals surface area (Å²) in [6.45, 7) is 10.3. The molecule has 1 atom stereocenters. The van der Waals surface area contributed by atoms with E-state index in [0.29, 0.717) is 6.04 Å². The zero-order chi connectivity index (χ0) is 13.7. The van der Waals surface area contributed by atoms with E-state index < -0.39 is 0 Å². The van der Waals surface area contributed by atoms with Gasteiger partial charge in [-0.05, 0) is 31.0 Å². The quantitative estimate of drug-likeness (QED) is 0.845. The number of nitrogens with zero attached hydrogens (tertiary/aromatic N) is 1. The largest absolute Gasteiger partial charge is 0.314 e. The molecule has 3 nitrogen and oxygen atoms in total. The van der Waals surface area contributed by atoms with E-state index in [0.717, 1.165) is 50.4 Å². The van der Waals surface area contributed by atoms with Crippen molar-refractivity contribution in [3.63, 3.8) is 0 Å². The minimum absolute atomic E-state index is 0.127. The van der Waals surface area contributed by atoms with Gasteiger partial charge in [-0.2, -0.15) is 0 Å². The minimum Gasteiger partial charge on any atom is -0.314 e. The van der Waals surface area contributed by atoms with Gasteiger partial charge >= 0.3 is 0 Å². The van der Waals surface area contributed by atoms with Crippen molar-refractivity contribution in [2.75, 3.05) is 32.7 Å². The summed E-state index contributed by atoms with van der Waals surface area (Å²) < 4.78 is 13.2.